The molecule has 0 aliphatic carbocycles. The lowest BCUT2D eigenvalue weighted by Crippen LogP contribution is -2.44. The number of aromatic nitrogens is 2. The summed E-state index contributed by atoms with van der Waals surface area (Å²) in [5.74, 6) is 0.676. The molecule has 1 aromatic heterocycles. The third-order valence-electron chi connectivity index (χ3n) is 5.19. The number of rotatable bonds is 7. The number of hydrogen-bond donors (Lipinski definition) is 1. The van der Waals surface area contributed by atoms with E-state index in [1.54, 1.807) is 17.7 Å². The highest BCUT2D eigenvalue weighted by atomic mass is 35.5. The highest BCUT2D eigenvalue weighted by Crippen LogP contribution is 2.23. The minimum absolute atomic E-state index is 0.0689. The van der Waals surface area contributed by atoms with Gasteiger partial charge >= 0.3 is 0 Å². The Morgan fingerprint density at radius 1 is 1.16 bits per heavy atom. The lowest BCUT2D eigenvalue weighted by molar-refractivity contribution is -0.193. The summed E-state index contributed by atoms with van der Waals surface area (Å²) in [4.78, 5) is 16.6. The van der Waals surface area contributed by atoms with Gasteiger partial charge in [-0.05, 0) is 29.8 Å². The maximum atomic E-state index is 12.4. The summed E-state index contributed by atoms with van der Waals surface area (Å²) in [5, 5.41) is 4.47. The van der Waals surface area contributed by atoms with E-state index in [-0.39, 0.29) is 17.9 Å². The molecule has 31 heavy (non-hydrogen) atoms. The zero-order valence-corrected chi connectivity index (χ0v) is 18.5. The van der Waals surface area contributed by atoms with Crippen LogP contribution in [0.3, 0.4) is 0 Å². The summed E-state index contributed by atoms with van der Waals surface area (Å²) in [7, 11) is 1.59. The lowest BCUT2D eigenvalue weighted by atomic mass is 10.2. The van der Waals surface area contributed by atoms with Crippen LogP contribution in [0.15, 0.2) is 47.4 Å². The molecule has 2 aromatic carbocycles. The van der Waals surface area contributed by atoms with Crippen LogP contribution in [0.25, 0.3) is 11.0 Å². The Balaban J connectivity index is 1.31. The smallest absolute Gasteiger partial charge is 0.269 e. The molecule has 0 radical (unpaired) electrons. The molecule has 0 amide bonds. The van der Waals surface area contributed by atoms with Crippen LogP contribution in [0.4, 0.5) is 0 Å². The first-order valence-electron chi connectivity index (χ1n) is 9.97. The van der Waals surface area contributed by atoms with Crippen LogP contribution in [0.5, 0.6) is 5.75 Å². The Kier molecular flexibility index (Phi) is 7.09. The molecule has 1 saturated heterocycles. The molecule has 7 nitrogen and oxygen atoms in total. The van der Waals surface area contributed by atoms with E-state index in [4.69, 9.17) is 37.4 Å². The van der Waals surface area contributed by atoms with Crippen LogP contribution in [0.1, 0.15) is 12.0 Å². The Labute approximate surface area is 189 Å². The van der Waals surface area contributed by atoms with Crippen LogP contribution >= 0.6 is 23.2 Å². The van der Waals surface area contributed by atoms with Gasteiger partial charge in [0.05, 0.1) is 53.6 Å². The normalized spacial score (nSPS) is 18.9. The largest absolute Gasteiger partial charge is 0.497 e. The first kappa shape index (κ1) is 22.0. The van der Waals surface area contributed by atoms with Crippen molar-refractivity contribution in [3.8, 4) is 5.75 Å². The molecule has 1 fully saturated rings. The van der Waals surface area contributed by atoms with Crippen LogP contribution in [0, 0.1) is 0 Å². The van der Waals surface area contributed by atoms with E-state index in [0.29, 0.717) is 48.5 Å². The zero-order chi connectivity index (χ0) is 21.8. The molecule has 9 heteroatoms. The van der Waals surface area contributed by atoms with Gasteiger partial charge in [-0.25, -0.2) is 4.98 Å². The van der Waals surface area contributed by atoms with Crippen molar-refractivity contribution in [3.05, 3.63) is 68.6 Å². The summed E-state index contributed by atoms with van der Waals surface area (Å²) in [6, 6.07) is 11.1. The fourth-order valence-corrected chi connectivity index (χ4v) is 3.79. The van der Waals surface area contributed by atoms with Crippen molar-refractivity contribution in [2.24, 2.45) is 0 Å². The number of aryl methyl sites for hydroxylation is 1. The molecule has 0 spiro atoms. The Hall–Kier alpha value is -2.16. The Bertz CT molecular complexity index is 1110. The van der Waals surface area contributed by atoms with Gasteiger partial charge in [0.1, 0.15) is 5.75 Å². The predicted molar refractivity (Wildman–Crippen MR) is 120 cm³/mol. The van der Waals surface area contributed by atoms with Crippen LogP contribution < -0.4 is 15.6 Å². The van der Waals surface area contributed by atoms with E-state index in [1.807, 2.05) is 30.3 Å². The van der Waals surface area contributed by atoms with Crippen molar-refractivity contribution in [3.63, 3.8) is 0 Å². The van der Waals surface area contributed by atoms with Gasteiger partial charge in [0.15, 0.2) is 6.29 Å². The number of methoxy groups -OCH3 is 1. The van der Waals surface area contributed by atoms with Gasteiger partial charge in [-0.1, -0.05) is 29.3 Å². The maximum Gasteiger partial charge on any atom is 0.269 e. The van der Waals surface area contributed by atoms with E-state index >= 15 is 0 Å². The van der Waals surface area contributed by atoms with Crippen molar-refractivity contribution in [1.29, 1.82) is 0 Å². The number of fused-ring (bicyclic) bond motifs is 1. The second-order valence-corrected chi connectivity index (χ2v) is 8.13. The fraction of sp³-hybridized carbons (Fsp3) is 0.364. The quantitative estimate of drug-likeness (QED) is 0.576. The average Bonchev–Trinajstić information content (AvgIpc) is 2.79. The first-order valence-corrected chi connectivity index (χ1v) is 10.7. The molecule has 1 N–H and O–H groups in total. The van der Waals surface area contributed by atoms with Crippen LogP contribution in [0.2, 0.25) is 10.0 Å². The van der Waals surface area contributed by atoms with Crippen molar-refractivity contribution in [2.75, 3.05) is 20.3 Å². The number of hydrogen-bond acceptors (Lipinski definition) is 6. The number of nitrogens with zero attached hydrogens (tertiary/aromatic N) is 2. The minimum atomic E-state index is -0.372. The molecule has 3 aromatic rings. The minimum Gasteiger partial charge on any atom is -0.497 e. The van der Waals surface area contributed by atoms with Crippen LogP contribution in [-0.4, -0.2) is 42.2 Å². The molecule has 2 heterocycles. The predicted octanol–water partition coefficient (Wildman–Crippen LogP) is 3.63. The second kappa shape index (κ2) is 9.97. The third kappa shape index (κ3) is 5.37. The summed E-state index contributed by atoms with van der Waals surface area (Å²) < 4.78 is 18.7. The summed E-state index contributed by atoms with van der Waals surface area (Å²) >= 11 is 12.0. The van der Waals surface area contributed by atoms with Crippen molar-refractivity contribution < 1.29 is 14.2 Å². The van der Waals surface area contributed by atoms with E-state index in [9.17, 15) is 4.79 Å². The number of halogens is 2. The maximum absolute atomic E-state index is 12.4. The third-order valence-corrected chi connectivity index (χ3v) is 5.93. The monoisotopic (exact) mass is 463 g/mol. The average molecular weight is 464 g/mol. The highest BCUT2D eigenvalue weighted by Gasteiger charge is 2.22. The van der Waals surface area contributed by atoms with E-state index in [2.05, 4.69) is 10.3 Å². The van der Waals surface area contributed by atoms with E-state index in [1.165, 1.54) is 6.20 Å². The molecule has 0 bridgehead atoms. The zero-order valence-electron chi connectivity index (χ0n) is 17.0. The molecule has 1 aliphatic heterocycles. The van der Waals surface area contributed by atoms with Gasteiger partial charge in [-0.15, -0.1) is 0 Å². The SMILES string of the molecule is COc1ccc2ncc(=O)n(CC[C@H]3OC[C@H](NCc4ccc(Cl)c(Cl)c4)CO3)c2c1. The molecule has 164 valence electrons. The summed E-state index contributed by atoms with van der Waals surface area (Å²) in [5.41, 5.74) is 2.33. The van der Waals surface area contributed by atoms with Gasteiger partial charge in [-0.3, -0.25) is 4.79 Å². The standard InChI is InChI=1S/C22H23Cl2N3O4/c1-29-16-3-5-19-20(9-16)27(21(28)11-26-19)7-6-22-30-12-15(13-31-22)25-10-14-2-4-17(23)18(24)8-14/h2-5,8-9,11,15,22,25H,6-7,10,12-13H2,1H3/t15-,22-. The highest BCUT2D eigenvalue weighted by molar-refractivity contribution is 6.42. The van der Waals surface area contributed by atoms with Gasteiger partial charge in [0.25, 0.3) is 5.56 Å². The Morgan fingerprint density at radius 3 is 2.71 bits per heavy atom. The van der Waals surface area contributed by atoms with Crippen molar-refractivity contribution in [1.82, 2.24) is 14.9 Å². The molecule has 0 atom stereocenters. The molecule has 1 aliphatic rings. The second-order valence-electron chi connectivity index (χ2n) is 7.31. The number of nitrogens with one attached hydrogen (secondary N) is 1. The van der Waals surface area contributed by atoms with Gasteiger partial charge in [0.2, 0.25) is 0 Å². The van der Waals surface area contributed by atoms with E-state index in [0.717, 1.165) is 16.6 Å². The topological polar surface area (TPSA) is 74.6 Å². The fourth-order valence-electron chi connectivity index (χ4n) is 3.47. The van der Waals surface area contributed by atoms with Crippen LogP contribution in [-0.2, 0) is 22.6 Å². The first-order chi connectivity index (χ1) is 15.0. The molecule has 0 unspecified atom stereocenters. The molecule has 0 saturated carbocycles. The lowest BCUT2D eigenvalue weighted by Gasteiger charge is -2.30. The van der Waals surface area contributed by atoms with Gasteiger partial charge < -0.3 is 24.1 Å². The van der Waals surface area contributed by atoms with Crippen molar-refractivity contribution >= 4 is 34.2 Å². The van der Waals surface area contributed by atoms with Gasteiger partial charge in [0, 0.05) is 25.6 Å². The Morgan fingerprint density at radius 2 is 1.97 bits per heavy atom. The van der Waals surface area contributed by atoms with Gasteiger partial charge in [-0.2, -0.15) is 0 Å². The summed E-state index contributed by atoms with van der Waals surface area (Å²) in [6.07, 6.45) is 1.51. The summed E-state index contributed by atoms with van der Waals surface area (Å²) in [6.45, 7) is 2.13. The molecular formula is C22H23Cl2N3O4. The number of ether oxygens (including phenoxy) is 3. The molecule has 4 rings (SSSR count). The van der Waals surface area contributed by atoms with Crippen molar-refractivity contribution in [2.45, 2.75) is 31.8 Å². The number of benzene rings is 2. The van der Waals surface area contributed by atoms with E-state index < -0.39 is 0 Å². The molecular weight excluding hydrogens is 441 g/mol.